The van der Waals surface area contributed by atoms with E-state index in [1.165, 1.54) is 12.5 Å². The standard InChI is InChI=1S/C15H20FN3O2/c16-11-4-5-12(13(14(11)17)15(20)21)19-8-2-7-18-6-1-3-10(18)9-19/h4-5,10H,1-3,6-9,17H2,(H,20,21). The van der Waals surface area contributed by atoms with Gasteiger partial charge < -0.3 is 15.7 Å². The molecule has 2 aliphatic rings. The number of benzene rings is 1. The van der Waals surface area contributed by atoms with E-state index in [1.54, 1.807) is 6.07 Å². The zero-order chi connectivity index (χ0) is 15.0. The Hall–Kier alpha value is -1.82. The predicted octanol–water partition coefficient (Wildman–Crippen LogP) is 1.78. The van der Waals surface area contributed by atoms with Gasteiger partial charge in [-0.25, -0.2) is 9.18 Å². The molecule has 0 aromatic heterocycles. The number of carboxylic acids is 1. The molecule has 0 radical (unpaired) electrons. The summed E-state index contributed by atoms with van der Waals surface area (Å²) in [5, 5.41) is 9.38. The van der Waals surface area contributed by atoms with E-state index in [1.807, 2.05) is 0 Å². The molecule has 0 aliphatic carbocycles. The highest BCUT2D eigenvalue weighted by Crippen LogP contribution is 2.31. The van der Waals surface area contributed by atoms with Crippen LogP contribution in [-0.2, 0) is 0 Å². The monoisotopic (exact) mass is 293 g/mol. The Morgan fingerprint density at radius 2 is 2.05 bits per heavy atom. The summed E-state index contributed by atoms with van der Waals surface area (Å²) in [6.45, 7) is 3.72. The van der Waals surface area contributed by atoms with Gasteiger partial charge in [-0.15, -0.1) is 0 Å². The number of nitrogens with zero attached hydrogens (tertiary/aromatic N) is 2. The van der Waals surface area contributed by atoms with E-state index in [0.29, 0.717) is 11.7 Å². The quantitative estimate of drug-likeness (QED) is 0.813. The van der Waals surface area contributed by atoms with Crippen LogP contribution in [0.3, 0.4) is 0 Å². The summed E-state index contributed by atoms with van der Waals surface area (Å²) in [5.41, 5.74) is 5.80. The number of carboxylic acid groups (broad SMARTS) is 1. The van der Waals surface area contributed by atoms with Gasteiger partial charge in [-0.2, -0.15) is 0 Å². The van der Waals surface area contributed by atoms with E-state index in [2.05, 4.69) is 9.80 Å². The summed E-state index contributed by atoms with van der Waals surface area (Å²) in [6, 6.07) is 3.26. The van der Waals surface area contributed by atoms with Crippen molar-refractivity contribution in [3.63, 3.8) is 0 Å². The van der Waals surface area contributed by atoms with Crippen molar-refractivity contribution in [3.05, 3.63) is 23.5 Å². The van der Waals surface area contributed by atoms with Crippen LogP contribution in [0.5, 0.6) is 0 Å². The third-order valence-corrected chi connectivity index (χ3v) is 4.53. The molecule has 2 heterocycles. The lowest BCUT2D eigenvalue weighted by molar-refractivity contribution is 0.0698. The molecule has 2 aliphatic heterocycles. The smallest absolute Gasteiger partial charge is 0.340 e. The summed E-state index contributed by atoms with van der Waals surface area (Å²) >= 11 is 0. The average Bonchev–Trinajstić information content (AvgIpc) is 2.78. The molecule has 1 aromatic carbocycles. The van der Waals surface area contributed by atoms with Crippen molar-refractivity contribution in [2.75, 3.05) is 36.8 Å². The summed E-state index contributed by atoms with van der Waals surface area (Å²) < 4.78 is 13.6. The second kappa shape index (κ2) is 5.52. The Balaban J connectivity index is 1.95. The first-order valence-electron chi connectivity index (χ1n) is 7.38. The number of halogens is 1. The van der Waals surface area contributed by atoms with E-state index in [9.17, 15) is 14.3 Å². The second-order valence-corrected chi connectivity index (χ2v) is 5.79. The zero-order valence-corrected chi connectivity index (χ0v) is 11.9. The average molecular weight is 293 g/mol. The number of hydrogen-bond acceptors (Lipinski definition) is 4. The molecule has 6 heteroatoms. The number of fused-ring (bicyclic) bond motifs is 1. The largest absolute Gasteiger partial charge is 0.478 e. The van der Waals surface area contributed by atoms with Gasteiger partial charge in [0.25, 0.3) is 0 Å². The highest BCUT2D eigenvalue weighted by atomic mass is 19.1. The fourth-order valence-corrected chi connectivity index (χ4v) is 3.50. The highest BCUT2D eigenvalue weighted by molar-refractivity contribution is 6.00. The maximum absolute atomic E-state index is 13.6. The van der Waals surface area contributed by atoms with Crippen molar-refractivity contribution in [1.82, 2.24) is 4.90 Å². The molecule has 0 amide bonds. The molecular formula is C15H20FN3O2. The lowest BCUT2D eigenvalue weighted by Crippen LogP contribution is -2.37. The minimum atomic E-state index is -1.17. The summed E-state index contributed by atoms with van der Waals surface area (Å²) in [6.07, 6.45) is 3.30. The van der Waals surface area contributed by atoms with E-state index >= 15 is 0 Å². The van der Waals surface area contributed by atoms with E-state index in [-0.39, 0.29) is 11.3 Å². The third kappa shape index (κ3) is 2.55. The lowest BCUT2D eigenvalue weighted by Gasteiger charge is -2.28. The first kappa shape index (κ1) is 14.1. The fourth-order valence-electron chi connectivity index (χ4n) is 3.50. The first-order chi connectivity index (χ1) is 10.1. The molecular weight excluding hydrogens is 273 g/mol. The molecule has 2 fully saturated rings. The van der Waals surface area contributed by atoms with E-state index < -0.39 is 11.8 Å². The molecule has 114 valence electrons. The molecule has 3 N–H and O–H groups in total. The Morgan fingerprint density at radius 3 is 2.81 bits per heavy atom. The molecule has 21 heavy (non-hydrogen) atoms. The molecule has 0 saturated carbocycles. The Morgan fingerprint density at radius 1 is 1.29 bits per heavy atom. The molecule has 3 rings (SSSR count). The number of rotatable bonds is 2. The van der Waals surface area contributed by atoms with Crippen molar-refractivity contribution < 1.29 is 14.3 Å². The van der Waals surface area contributed by atoms with Crippen molar-refractivity contribution in [2.24, 2.45) is 0 Å². The van der Waals surface area contributed by atoms with Gasteiger partial charge in [0.15, 0.2) is 0 Å². The normalized spacial score (nSPS) is 22.9. The predicted molar refractivity (Wildman–Crippen MR) is 79.2 cm³/mol. The number of nitrogen functional groups attached to an aromatic ring is 1. The number of aromatic carboxylic acids is 1. The van der Waals surface area contributed by atoms with Crippen LogP contribution < -0.4 is 10.6 Å². The van der Waals surface area contributed by atoms with Gasteiger partial charge in [0.05, 0.1) is 11.4 Å². The SMILES string of the molecule is Nc1c(F)ccc(N2CCCN3CCCC3C2)c1C(=O)O. The van der Waals surface area contributed by atoms with Crippen LogP contribution in [-0.4, -0.2) is 48.2 Å². The Labute approximate surface area is 123 Å². The molecule has 1 aromatic rings. The van der Waals surface area contributed by atoms with Crippen molar-refractivity contribution >= 4 is 17.3 Å². The van der Waals surface area contributed by atoms with E-state index in [4.69, 9.17) is 5.73 Å². The van der Waals surface area contributed by atoms with Crippen LogP contribution >= 0.6 is 0 Å². The van der Waals surface area contributed by atoms with Gasteiger partial charge in [0, 0.05) is 25.7 Å². The maximum Gasteiger partial charge on any atom is 0.340 e. The van der Waals surface area contributed by atoms with Gasteiger partial charge in [-0.05, 0) is 37.9 Å². The topological polar surface area (TPSA) is 69.8 Å². The highest BCUT2D eigenvalue weighted by Gasteiger charge is 2.31. The third-order valence-electron chi connectivity index (χ3n) is 4.53. The number of nitrogens with two attached hydrogens (primary N) is 1. The molecule has 0 bridgehead atoms. The summed E-state index contributed by atoms with van der Waals surface area (Å²) in [4.78, 5) is 16.0. The Bertz CT molecular complexity index is 564. The number of carbonyl (C=O) groups is 1. The van der Waals surface area contributed by atoms with Crippen molar-refractivity contribution in [2.45, 2.75) is 25.3 Å². The van der Waals surface area contributed by atoms with Crippen LogP contribution in [0, 0.1) is 5.82 Å². The van der Waals surface area contributed by atoms with Crippen LogP contribution in [0.25, 0.3) is 0 Å². The van der Waals surface area contributed by atoms with E-state index in [0.717, 1.165) is 39.0 Å². The minimum absolute atomic E-state index is 0.110. The second-order valence-electron chi connectivity index (χ2n) is 5.79. The first-order valence-corrected chi connectivity index (χ1v) is 7.38. The molecule has 1 atom stereocenters. The molecule has 0 spiro atoms. The van der Waals surface area contributed by atoms with Gasteiger partial charge >= 0.3 is 5.97 Å². The van der Waals surface area contributed by atoms with Gasteiger partial charge in [0.2, 0.25) is 0 Å². The van der Waals surface area contributed by atoms with Crippen LogP contribution in [0.4, 0.5) is 15.8 Å². The van der Waals surface area contributed by atoms with Crippen LogP contribution in [0.1, 0.15) is 29.6 Å². The minimum Gasteiger partial charge on any atom is -0.478 e. The number of hydrogen-bond donors (Lipinski definition) is 2. The van der Waals surface area contributed by atoms with Gasteiger partial charge in [-0.1, -0.05) is 0 Å². The summed E-state index contributed by atoms with van der Waals surface area (Å²) in [7, 11) is 0. The van der Waals surface area contributed by atoms with Gasteiger partial charge in [-0.3, -0.25) is 4.90 Å². The molecule has 1 unspecified atom stereocenters. The zero-order valence-electron chi connectivity index (χ0n) is 11.9. The molecule has 2 saturated heterocycles. The lowest BCUT2D eigenvalue weighted by atomic mass is 10.1. The van der Waals surface area contributed by atoms with Crippen molar-refractivity contribution in [3.8, 4) is 0 Å². The van der Waals surface area contributed by atoms with Crippen LogP contribution in [0.2, 0.25) is 0 Å². The number of anilines is 2. The molecule has 5 nitrogen and oxygen atoms in total. The summed E-state index contributed by atoms with van der Waals surface area (Å²) in [5.74, 6) is -1.84. The Kier molecular flexibility index (Phi) is 3.71. The van der Waals surface area contributed by atoms with Crippen molar-refractivity contribution in [1.29, 1.82) is 0 Å². The van der Waals surface area contributed by atoms with Crippen LogP contribution in [0.15, 0.2) is 12.1 Å². The van der Waals surface area contributed by atoms with Gasteiger partial charge in [0.1, 0.15) is 11.4 Å². The maximum atomic E-state index is 13.6. The fraction of sp³-hybridized carbons (Fsp3) is 0.533.